The number of amides is 2. The van der Waals surface area contributed by atoms with Gasteiger partial charge in [-0.2, -0.15) is 0 Å². The van der Waals surface area contributed by atoms with Gasteiger partial charge >= 0.3 is 6.09 Å². The van der Waals surface area contributed by atoms with Crippen LogP contribution in [0.3, 0.4) is 0 Å². The van der Waals surface area contributed by atoms with Crippen molar-refractivity contribution in [3.8, 4) is 0 Å². The molecule has 1 aromatic carbocycles. The number of hydrogen-bond acceptors (Lipinski definition) is 4. The van der Waals surface area contributed by atoms with Crippen LogP contribution in [0.15, 0.2) is 36.5 Å². The second-order valence-electron chi connectivity index (χ2n) is 7.21. The average Bonchev–Trinajstić information content (AvgIpc) is 2.73. The molecule has 7 heteroatoms. The van der Waals surface area contributed by atoms with Crippen LogP contribution in [0.25, 0.3) is 10.9 Å². The second-order valence-corrected chi connectivity index (χ2v) is 7.21. The summed E-state index contributed by atoms with van der Waals surface area (Å²) in [4.78, 5) is 32.2. The van der Waals surface area contributed by atoms with Gasteiger partial charge in [0, 0.05) is 50.2 Å². The fourth-order valence-electron chi connectivity index (χ4n) is 4.21. The lowest BCUT2D eigenvalue weighted by Crippen LogP contribution is -2.52. The number of benzene rings is 1. The van der Waals surface area contributed by atoms with Crippen molar-refractivity contribution in [3.63, 3.8) is 0 Å². The van der Waals surface area contributed by atoms with Crippen molar-refractivity contribution in [2.45, 2.75) is 18.9 Å². The zero-order valence-electron chi connectivity index (χ0n) is 15.2. The van der Waals surface area contributed by atoms with Crippen LogP contribution in [0.2, 0.25) is 0 Å². The van der Waals surface area contributed by atoms with E-state index < -0.39 is 6.09 Å². The highest BCUT2D eigenvalue weighted by Gasteiger charge is 2.35. The van der Waals surface area contributed by atoms with Gasteiger partial charge in [0.25, 0.3) is 0 Å². The van der Waals surface area contributed by atoms with Crippen LogP contribution in [-0.2, 0) is 4.79 Å². The predicted molar refractivity (Wildman–Crippen MR) is 101 cm³/mol. The van der Waals surface area contributed by atoms with E-state index in [-0.39, 0.29) is 17.9 Å². The first-order valence-corrected chi connectivity index (χ1v) is 9.48. The minimum atomic E-state index is -0.899. The molecule has 3 heterocycles. The van der Waals surface area contributed by atoms with Crippen molar-refractivity contribution in [1.82, 2.24) is 20.1 Å². The Hall–Kier alpha value is -2.67. The number of nitrogens with one attached hydrogen (secondary N) is 1. The van der Waals surface area contributed by atoms with Crippen LogP contribution in [0.4, 0.5) is 4.79 Å². The molecule has 1 atom stereocenters. The molecule has 2 N–H and O–H groups in total. The number of piperazine rings is 1. The lowest BCUT2D eigenvalue weighted by molar-refractivity contribution is -0.140. The Morgan fingerprint density at radius 1 is 1.11 bits per heavy atom. The molecule has 0 aliphatic carbocycles. The monoisotopic (exact) mass is 368 g/mol. The molecule has 7 nitrogen and oxygen atoms in total. The highest BCUT2D eigenvalue weighted by atomic mass is 16.4. The minimum absolute atomic E-state index is 0.0309. The Bertz CT molecular complexity index is 843. The summed E-state index contributed by atoms with van der Waals surface area (Å²) >= 11 is 0. The van der Waals surface area contributed by atoms with Gasteiger partial charge in [-0.25, -0.2) is 4.79 Å². The van der Waals surface area contributed by atoms with Gasteiger partial charge in [0.1, 0.15) is 0 Å². The zero-order chi connectivity index (χ0) is 18.8. The molecule has 142 valence electrons. The zero-order valence-corrected chi connectivity index (χ0v) is 15.2. The second kappa shape index (κ2) is 7.52. The van der Waals surface area contributed by atoms with Crippen molar-refractivity contribution >= 4 is 22.9 Å². The number of nitrogens with zero attached hydrogens (tertiary/aromatic N) is 3. The molecule has 0 saturated carbocycles. The Labute approximate surface area is 158 Å². The summed E-state index contributed by atoms with van der Waals surface area (Å²) < 4.78 is 0. The number of piperidine rings is 1. The number of carboxylic acid groups (broad SMARTS) is 1. The van der Waals surface area contributed by atoms with Crippen LogP contribution in [0.5, 0.6) is 0 Å². The number of aromatic nitrogens is 1. The third-order valence-corrected chi connectivity index (χ3v) is 5.68. The topological polar surface area (TPSA) is 85.8 Å². The molecule has 0 bridgehead atoms. The summed E-state index contributed by atoms with van der Waals surface area (Å²) in [5.41, 5.74) is 2.05. The molecule has 2 aliphatic rings. The number of rotatable bonds is 2. The summed E-state index contributed by atoms with van der Waals surface area (Å²) in [6, 6.07) is 9.99. The first-order valence-electron chi connectivity index (χ1n) is 9.48. The maximum atomic E-state index is 13.3. The largest absolute Gasteiger partial charge is 0.465 e. The van der Waals surface area contributed by atoms with E-state index in [0.29, 0.717) is 39.0 Å². The van der Waals surface area contributed by atoms with Gasteiger partial charge in [-0.05, 0) is 30.5 Å². The Morgan fingerprint density at radius 3 is 2.67 bits per heavy atom. The number of carbonyl (C=O) groups is 2. The molecule has 2 aromatic rings. The molecule has 1 unspecified atom stereocenters. The predicted octanol–water partition coefficient (Wildman–Crippen LogP) is 2.10. The fourth-order valence-corrected chi connectivity index (χ4v) is 4.21. The van der Waals surface area contributed by atoms with Gasteiger partial charge < -0.3 is 20.2 Å². The van der Waals surface area contributed by atoms with Crippen LogP contribution in [0, 0.1) is 5.92 Å². The van der Waals surface area contributed by atoms with Gasteiger partial charge in [-0.1, -0.05) is 18.2 Å². The van der Waals surface area contributed by atoms with E-state index in [0.717, 1.165) is 23.0 Å². The van der Waals surface area contributed by atoms with E-state index in [1.54, 1.807) is 6.20 Å². The van der Waals surface area contributed by atoms with Crippen molar-refractivity contribution in [1.29, 1.82) is 0 Å². The Balaban J connectivity index is 1.57. The quantitative estimate of drug-likeness (QED) is 0.848. The van der Waals surface area contributed by atoms with Crippen LogP contribution in [0.1, 0.15) is 24.4 Å². The van der Waals surface area contributed by atoms with Gasteiger partial charge in [0.15, 0.2) is 0 Å². The number of hydrogen-bond donors (Lipinski definition) is 2. The van der Waals surface area contributed by atoms with Crippen LogP contribution in [-0.4, -0.2) is 64.6 Å². The first-order chi connectivity index (χ1) is 13.1. The number of fused-ring (bicyclic) bond motifs is 1. The molecule has 0 spiro atoms. The molecule has 2 fully saturated rings. The van der Waals surface area contributed by atoms with Crippen molar-refractivity contribution in [3.05, 3.63) is 42.1 Å². The molecule has 1 aromatic heterocycles. The summed E-state index contributed by atoms with van der Waals surface area (Å²) in [6.07, 6.45) is 2.10. The molecule has 2 amide bonds. The van der Waals surface area contributed by atoms with E-state index in [1.165, 1.54) is 4.90 Å². The highest BCUT2D eigenvalue weighted by molar-refractivity contribution is 5.84. The summed E-state index contributed by atoms with van der Waals surface area (Å²) in [6.45, 7) is 3.02. The Kier molecular flexibility index (Phi) is 4.94. The fraction of sp³-hybridized carbons (Fsp3) is 0.450. The van der Waals surface area contributed by atoms with E-state index >= 15 is 0 Å². The average molecular weight is 368 g/mol. The lowest BCUT2D eigenvalue weighted by Gasteiger charge is -2.40. The van der Waals surface area contributed by atoms with E-state index in [2.05, 4.69) is 16.4 Å². The van der Waals surface area contributed by atoms with Crippen molar-refractivity contribution in [2.24, 2.45) is 5.92 Å². The number of carbonyl (C=O) groups excluding carboxylic acids is 1. The molecule has 4 rings (SSSR count). The van der Waals surface area contributed by atoms with Gasteiger partial charge in [0.2, 0.25) is 5.91 Å². The van der Waals surface area contributed by atoms with E-state index in [1.807, 2.05) is 29.2 Å². The minimum Gasteiger partial charge on any atom is -0.465 e. The SMILES string of the molecule is O=C(O)N1CCC(C(=O)N2CCNCC2c2ccnc3ccccc23)CC1. The first kappa shape index (κ1) is 17.7. The van der Waals surface area contributed by atoms with Crippen LogP contribution >= 0.6 is 0 Å². The maximum absolute atomic E-state index is 13.3. The van der Waals surface area contributed by atoms with Gasteiger partial charge in [-0.15, -0.1) is 0 Å². The molecule has 2 saturated heterocycles. The molecule has 27 heavy (non-hydrogen) atoms. The third kappa shape index (κ3) is 3.47. The molecular formula is C20H24N4O3. The molecular weight excluding hydrogens is 344 g/mol. The number of likely N-dealkylation sites (tertiary alicyclic amines) is 1. The van der Waals surface area contributed by atoms with Gasteiger partial charge in [0.05, 0.1) is 11.6 Å². The number of para-hydroxylation sites is 1. The van der Waals surface area contributed by atoms with E-state index in [9.17, 15) is 9.59 Å². The summed E-state index contributed by atoms with van der Waals surface area (Å²) in [5.74, 6) is 0.0433. The van der Waals surface area contributed by atoms with Crippen LogP contribution < -0.4 is 5.32 Å². The summed E-state index contributed by atoms with van der Waals surface area (Å²) in [7, 11) is 0. The Morgan fingerprint density at radius 2 is 1.89 bits per heavy atom. The third-order valence-electron chi connectivity index (χ3n) is 5.68. The van der Waals surface area contributed by atoms with Crippen molar-refractivity contribution in [2.75, 3.05) is 32.7 Å². The molecule has 2 aliphatic heterocycles. The maximum Gasteiger partial charge on any atom is 0.407 e. The summed E-state index contributed by atoms with van der Waals surface area (Å²) in [5, 5.41) is 13.6. The van der Waals surface area contributed by atoms with Crippen molar-refractivity contribution < 1.29 is 14.7 Å². The molecule has 0 radical (unpaired) electrons. The smallest absolute Gasteiger partial charge is 0.407 e. The normalized spacial score (nSPS) is 21.4. The van der Waals surface area contributed by atoms with E-state index in [4.69, 9.17) is 5.11 Å². The lowest BCUT2D eigenvalue weighted by atomic mass is 9.92. The number of pyridine rings is 1. The van der Waals surface area contributed by atoms with Gasteiger partial charge in [-0.3, -0.25) is 9.78 Å². The highest BCUT2D eigenvalue weighted by Crippen LogP contribution is 2.31. The standard InChI is InChI=1S/C20H24N4O3/c25-19(14-6-10-23(11-7-14)20(26)27)24-12-9-21-13-18(24)16-5-8-22-17-4-2-1-3-15(16)17/h1-5,8,14,18,21H,6-7,9-13H2,(H,26,27).